The lowest BCUT2D eigenvalue weighted by molar-refractivity contribution is -0.192. The molecule has 0 aromatic heterocycles. The maximum absolute atomic E-state index is 13.8. The number of nitrogens with one attached hydrogen (secondary N) is 2. The Hall–Kier alpha value is -3.60. The molecule has 1 aromatic carbocycles. The van der Waals surface area contributed by atoms with Crippen LogP contribution in [0.5, 0.6) is 0 Å². The Bertz CT molecular complexity index is 1030. The molecule has 11 nitrogen and oxygen atoms in total. The van der Waals surface area contributed by atoms with Gasteiger partial charge in [0.05, 0.1) is 13.1 Å². The average molecular weight is 541 g/mol. The summed E-state index contributed by atoms with van der Waals surface area (Å²) in [6.07, 6.45) is 5.16. The van der Waals surface area contributed by atoms with Crippen LogP contribution in [0, 0.1) is 0 Å². The summed E-state index contributed by atoms with van der Waals surface area (Å²) in [6, 6.07) is 8.77. The molecule has 0 radical (unpaired) electrons. The van der Waals surface area contributed by atoms with E-state index in [9.17, 15) is 19.2 Å². The van der Waals surface area contributed by atoms with Gasteiger partial charge in [-0.1, -0.05) is 62.8 Å². The molecular weight excluding hydrogens is 500 g/mol. The van der Waals surface area contributed by atoms with Gasteiger partial charge in [0.2, 0.25) is 11.8 Å². The number of carbonyl (C=O) groups excluding carboxylic acids is 4. The largest absolute Gasteiger partial charge is 0.445 e. The molecule has 3 aliphatic rings. The van der Waals surface area contributed by atoms with Gasteiger partial charge < -0.3 is 25.2 Å². The predicted molar refractivity (Wildman–Crippen MR) is 145 cm³/mol. The Labute approximate surface area is 230 Å². The van der Waals surface area contributed by atoms with E-state index in [2.05, 4.69) is 17.2 Å². The molecule has 4 rings (SSSR count). The summed E-state index contributed by atoms with van der Waals surface area (Å²) < 4.78 is 4.95. The summed E-state index contributed by atoms with van der Waals surface area (Å²) in [4.78, 5) is 56.1. The molecular formula is C28H40N6O5. The highest BCUT2D eigenvalue weighted by Crippen LogP contribution is 2.33. The third kappa shape index (κ3) is 6.70. The molecule has 0 bridgehead atoms. The van der Waals surface area contributed by atoms with Crippen LogP contribution < -0.4 is 10.6 Å². The van der Waals surface area contributed by atoms with Gasteiger partial charge in [0.25, 0.3) is 0 Å². The fourth-order valence-corrected chi connectivity index (χ4v) is 5.77. The second kappa shape index (κ2) is 13.5. The third-order valence-corrected chi connectivity index (χ3v) is 7.66. The lowest BCUT2D eigenvalue weighted by Gasteiger charge is -2.56. The molecule has 2 heterocycles. The highest BCUT2D eigenvalue weighted by molar-refractivity contribution is 5.91. The number of alkyl carbamates (subject to hydrolysis) is 1. The zero-order valence-corrected chi connectivity index (χ0v) is 22.7. The van der Waals surface area contributed by atoms with E-state index < -0.39 is 18.3 Å². The van der Waals surface area contributed by atoms with Crippen LogP contribution in [0.15, 0.2) is 43.0 Å². The van der Waals surface area contributed by atoms with Gasteiger partial charge in [-0.3, -0.25) is 9.59 Å². The third-order valence-electron chi connectivity index (χ3n) is 7.66. The van der Waals surface area contributed by atoms with Crippen LogP contribution in [0.3, 0.4) is 0 Å². The maximum Gasteiger partial charge on any atom is 0.407 e. The molecule has 11 heteroatoms. The second-order valence-corrected chi connectivity index (χ2v) is 10.2. The maximum atomic E-state index is 13.8. The molecule has 39 heavy (non-hydrogen) atoms. The fraction of sp³-hybridized carbons (Fsp3) is 0.571. The van der Waals surface area contributed by atoms with Crippen molar-refractivity contribution < 1.29 is 23.9 Å². The molecule has 0 unspecified atom stereocenters. The quantitative estimate of drug-likeness (QED) is 0.348. The number of urea groups is 1. The Morgan fingerprint density at radius 2 is 1.87 bits per heavy atom. The van der Waals surface area contributed by atoms with Gasteiger partial charge in [-0.05, 0) is 31.2 Å². The van der Waals surface area contributed by atoms with Crippen LogP contribution in [0.4, 0.5) is 9.59 Å². The number of carbonyl (C=O) groups is 4. The molecule has 2 N–H and O–H groups in total. The Morgan fingerprint density at radius 3 is 2.56 bits per heavy atom. The number of piperazine rings is 1. The molecule has 1 saturated carbocycles. The van der Waals surface area contributed by atoms with Gasteiger partial charge in [-0.2, -0.15) is 0 Å². The summed E-state index contributed by atoms with van der Waals surface area (Å²) in [5.41, 5.74) is 0.974. The second-order valence-electron chi connectivity index (χ2n) is 10.2. The topological polar surface area (TPSA) is 115 Å². The number of rotatable bonds is 10. The van der Waals surface area contributed by atoms with Crippen LogP contribution in [0.2, 0.25) is 0 Å². The van der Waals surface area contributed by atoms with Crippen molar-refractivity contribution in [1.29, 1.82) is 0 Å². The molecule has 0 spiro atoms. The molecule has 1 aliphatic carbocycles. The number of fused-ring (bicyclic) bond motifs is 1. The fourth-order valence-electron chi connectivity index (χ4n) is 5.77. The summed E-state index contributed by atoms with van der Waals surface area (Å²) in [5, 5.41) is 9.09. The summed E-state index contributed by atoms with van der Waals surface area (Å²) in [6.45, 7) is 6.99. The average Bonchev–Trinajstić information content (AvgIpc) is 3.49. The number of nitrogens with zero attached hydrogens (tertiary/aromatic N) is 4. The lowest BCUT2D eigenvalue weighted by atomic mass is 9.99. The van der Waals surface area contributed by atoms with Crippen molar-refractivity contribution in [3.63, 3.8) is 0 Å². The number of hydrogen-bond donors (Lipinski definition) is 2. The number of hydrazine groups is 1. The number of likely N-dealkylation sites (N-methyl/N-ethyl adjacent to an activating group) is 1. The van der Waals surface area contributed by atoms with E-state index in [1.54, 1.807) is 14.9 Å². The Kier molecular flexibility index (Phi) is 9.80. The molecule has 212 valence electrons. The van der Waals surface area contributed by atoms with Gasteiger partial charge in [0.15, 0.2) is 0 Å². The van der Waals surface area contributed by atoms with Crippen LogP contribution in [0.1, 0.15) is 51.0 Å². The minimum absolute atomic E-state index is 0.0189. The van der Waals surface area contributed by atoms with E-state index in [-0.39, 0.29) is 43.6 Å². The minimum atomic E-state index is -0.703. The summed E-state index contributed by atoms with van der Waals surface area (Å²) >= 11 is 0. The van der Waals surface area contributed by atoms with Crippen molar-refractivity contribution in [2.45, 2.75) is 70.2 Å². The Balaban J connectivity index is 1.53. The zero-order chi connectivity index (χ0) is 27.8. The molecule has 1 aromatic rings. The molecule has 2 saturated heterocycles. The monoisotopic (exact) mass is 540 g/mol. The number of ether oxygens (including phenoxy) is 1. The smallest absolute Gasteiger partial charge is 0.407 e. The normalized spacial score (nSPS) is 22.0. The predicted octanol–water partition coefficient (Wildman–Crippen LogP) is 2.45. The van der Waals surface area contributed by atoms with Crippen LogP contribution in [0.25, 0.3) is 0 Å². The van der Waals surface area contributed by atoms with E-state index in [1.807, 2.05) is 42.2 Å². The van der Waals surface area contributed by atoms with Crippen molar-refractivity contribution in [1.82, 2.24) is 30.5 Å². The lowest BCUT2D eigenvalue weighted by Crippen LogP contribution is -2.77. The van der Waals surface area contributed by atoms with E-state index in [0.29, 0.717) is 32.5 Å². The molecule has 2 atom stereocenters. The van der Waals surface area contributed by atoms with E-state index in [4.69, 9.17) is 4.74 Å². The van der Waals surface area contributed by atoms with E-state index >= 15 is 0 Å². The highest BCUT2D eigenvalue weighted by Gasteiger charge is 2.52. The zero-order valence-electron chi connectivity index (χ0n) is 22.7. The highest BCUT2D eigenvalue weighted by atomic mass is 16.5. The Morgan fingerprint density at radius 1 is 1.13 bits per heavy atom. The first-order chi connectivity index (χ1) is 18.9. The first-order valence-electron chi connectivity index (χ1n) is 13.9. The summed E-state index contributed by atoms with van der Waals surface area (Å²) in [5.74, 6) is -0.243. The van der Waals surface area contributed by atoms with Gasteiger partial charge in [0.1, 0.15) is 18.8 Å². The number of amides is 5. The van der Waals surface area contributed by atoms with Gasteiger partial charge >= 0.3 is 12.1 Å². The SMILES string of the molecule is C=CCOC(=O)NCCC[C@H]1C(=O)N(C2CCCC2)C[C@H]2N1C(=O)CN(CC)N2C(=O)NCc1ccccc1. The molecule has 2 aliphatic heterocycles. The first kappa shape index (κ1) is 28.4. The number of hydrogen-bond acceptors (Lipinski definition) is 6. The van der Waals surface area contributed by atoms with E-state index in [1.165, 1.54) is 6.08 Å². The van der Waals surface area contributed by atoms with Crippen LogP contribution in [-0.4, -0.2) is 94.8 Å². The van der Waals surface area contributed by atoms with Crippen molar-refractivity contribution in [2.75, 3.05) is 32.8 Å². The first-order valence-corrected chi connectivity index (χ1v) is 13.9. The van der Waals surface area contributed by atoms with E-state index in [0.717, 1.165) is 31.2 Å². The minimum Gasteiger partial charge on any atom is -0.445 e. The van der Waals surface area contributed by atoms with Gasteiger partial charge in [-0.25, -0.2) is 19.6 Å². The number of benzene rings is 1. The van der Waals surface area contributed by atoms with Gasteiger partial charge in [0, 0.05) is 25.7 Å². The van der Waals surface area contributed by atoms with Crippen molar-refractivity contribution in [3.8, 4) is 0 Å². The van der Waals surface area contributed by atoms with Crippen molar-refractivity contribution >= 4 is 23.9 Å². The van der Waals surface area contributed by atoms with Crippen molar-refractivity contribution in [2.24, 2.45) is 0 Å². The molecule has 5 amide bonds. The van der Waals surface area contributed by atoms with Gasteiger partial charge in [-0.15, -0.1) is 0 Å². The standard InChI is InChI=1S/C28H40N6O5/c1-3-17-39-28(38)29-16-10-15-23-26(36)32(22-13-8-9-14-22)19-24-33(23)25(35)20-31(4-2)34(24)27(37)30-18-21-11-6-5-7-12-21/h3,5-7,11-12,22-24H,1,4,8-10,13-20H2,2H3,(H,29,38)(H,30,37)/t23-,24-/m0/s1. The van der Waals surface area contributed by atoms with Crippen LogP contribution in [-0.2, 0) is 20.9 Å². The summed E-state index contributed by atoms with van der Waals surface area (Å²) in [7, 11) is 0. The van der Waals surface area contributed by atoms with Crippen molar-refractivity contribution in [3.05, 3.63) is 48.6 Å². The van der Waals surface area contributed by atoms with Crippen LogP contribution >= 0.6 is 0 Å². The molecule has 3 fully saturated rings.